The zero-order chi connectivity index (χ0) is 14.4. The molecule has 0 aromatic carbocycles. The van der Waals surface area contributed by atoms with Gasteiger partial charge in [-0.1, -0.05) is 0 Å². The summed E-state index contributed by atoms with van der Waals surface area (Å²) in [5.74, 6) is -0.603. The van der Waals surface area contributed by atoms with E-state index in [2.05, 4.69) is 0 Å². The van der Waals surface area contributed by atoms with Gasteiger partial charge in [-0.3, -0.25) is 4.79 Å². The fourth-order valence-corrected chi connectivity index (χ4v) is 2.49. The molecule has 110 valence electrons. The van der Waals surface area contributed by atoms with Crippen LogP contribution >= 0.6 is 0 Å². The largest absolute Gasteiger partial charge is 0.481 e. The van der Waals surface area contributed by atoms with Crippen LogP contribution in [0.5, 0.6) is 0 Å². The van der Waals surface area contributed by atoms with Crippen LogP contribution in [0.25, 0.3) is 0 Å². The number of aliphatic hydroxyl groups is 1. The molecule has 19 heavy (non-hydrogen) atoms. The summed E-state index contributed by atoms with van der Waals surface area (Å²) < 4.78 is 0. The van der Waals surface area contributed by atoms with Crippen molar-refractivity contribution in [1.82, 2.24) is 9.80 Å². The molecular formula is C13H24N2O4. The molecule has 2 amide bonds. The van der Waals surface area contributed by atoms with Crippen LogP contribution in [0.2, 0.25) is 0 Å². The Hall–Kier alpha value is -1.30. The molecule has 2 N–H and O–H groups in total. The number of carboxylic acids is 1. The summed E-state index contributed by atoms with van der Waals surface area (Å²) in [7, 11) is 0. The van der Waals surface area contributed by atoms with Gasteiger partial charge in [-0.2, -0.15) is 0 Å². The van der Waals surface area contributed by atoms with E-state index in [1.165, 1.54) is 0 Å². The molecule has 1 aliphatic rings. The zero-order valence-electron chi connectivity index (χ0n) is 11.7. The highest BCUT2D eigenvalue weighted by molar-refractivity contribution is 5.76. The van der Waals surface area contributed by atoms with Gasteiger partial charge in [-0.25, -0.2) is 4.79 Å². The number of urea groups is 1. The van der Waals surface area contributed by atoms with Crippen molar-refractivity contribution in [3.8, 4) is 0 Å². The Labute approximate surface area is 114 Å². The fraction of sp³-hybridized carbons (Fsp3) is 0.846. The lowest BCUT2D eigenvalue weighted by Crippen LogP contribution is -2.50. The van der Waals surface area contributed by atoms with E-state index in [0.29, 0.717) is 19.6 Å². The third-order valence-electron chi connectivity index (χ3n) is 3.73. The van der Waals surface area contributed by atoms with E-state index in [0.717, 1.165) is 12.8 Å². The molecule has 0 bridgehead atoms. The Morgan fingerprint density at radius 3 is 2.37 bits per heavy atom. The molecular weight excluding hydrogens is 248 g/mol. The summed E-state index contributed by atoms with van der Waals surface area (Å²) >= 11 is 0. The molecule has 1 fully saturated rings. The van der Waals surface area contributed by atoms with Crippen LogP contribution in [-0.4, -0.2) is 64.3 Å². The molecule has 1 aliphatic heterocycles. The van der Waals surface area contributed by atoms with Gasteiger partial charge in [0.2, 0.25) is 0 Å². The van der Waals surface area contributed by atoms with Crippen LogP contribution in [-0.2, 0) is 4.79 Å². The average Bonchev–Trinajstić information content (AvgIpc) is 2.38. The van der Waals surface area contributed by atoms with Crippen molar-refractivity contribution in [2.75, 3.05) is 26.2 Å². The minimum atomic E-state index is -0.891. The minimum absolute atomic E-state index is 0.0350. The maximum atomic E-state index is 12.3. The van der Waals surface area contributed by atoms with E-state index in [-0.39, 0.29) is 31.0 Å². The van der Waals surface area contributed by atoms with Crippen molar-refractivity contribution in [3.63, 3.8) is 0 Å². The molecule has 6 nitrogen and oxygen atoms in total. The van der Waals surface area contributed by atoms with Crippen molar-refractivity contribution >= 4 is 12.0 Å². The predicted octanol–water partition coefficient (Wildman–Crippen LogP) is 0.996. The topological polar surface area (TPSA) is 81.1 Å². The molecule has 0 saturated carbocycles. The summed E-state index contributed by atoms with van der Waals surface area (Å²) in [6.07, 6.45) is 1.59. The van der Waals surface area contributed by atoms with E-state index in [1.54, 1.807) is 16.7 Å². The summed E-state index contributed by atoms with van der Waals surface area (Å²) in [5, 5.41) is 17.9. The van der Waals surface area contributed by atoms with Gasteiger partial charge >= 0.3 is 12.0 Å². The van der Waals surface area contributed by atoms with Crippen molar-refractivity contribution in [3.05, 3.63) is 0 Å². The van der Waals surface area contributed by atoms with Gasteiger partial charge in [-0.05, 0) is 32.6 Å². The number of carboxylic acid groups (broad SMARTS) is 1. The zero-order valence-corrected chi connectivity index (χ0v) is 11.7. The molecule has 6 heteroatoms. The van der Waals surface area contributed by atoms with Crippen molar-refractivity contribution < 1.29 is 19.8 Å². The number of amides is 2. The van der Waals surface area contributed by atoms with Gasteiger partial charge < -0.3 is 20.0 Å². The van der Waals surface area contributed by atoms with Crippen LogP contribution in [0.1, 0.15) is 33.1 Å². The summed E-state index contributed by atoms with van der Waals surface area (Å²) in [6.45, 7) is 5.58. The fourth-order valence-electron chi connectivity index (χ4n) is 2.49. The van der Waals surface area contributed by atoms with Crippen molar-refractivity contribution in [2.24, 2.45) is 5.92 Å². The first kappa shape index (κ1) is 15.8. The summed E-state index contributed by atoms with van der Waals surface area (Å²) in [6, 6.07) is -0.391. The predicted molar refractivity (Wildman–Crippen MR) is 70.9 cm³/mol. The number of rotatable bonds is 5. The molecule has 1 heterocycles. The van der Waals surface area contributed by atoms with E-state index in [9.17, 15) is 9.59 Å². The molecule has 0 spiro atoms. The molecule has 1 saturated heterocycles. The van der Waals surface area contributed by atoms with E-state index in [4.69, 9.17) is 10.2 Å². The summed E-state index contributed by atoms with van der Waals surface area (Å²) in [4.78, 5) is 26.4. The van der Waals surface area contributed by atoms with Crippen LogP contribution in [0.15, 0.2) is 0 Å². The molecule has 0 radical (unpaired) electrons. The Morgan fingerprint density at radius 2 is 1.95 bits per heavy atom. The number of aliphatic carboxylic acids is 1. The highest BCUT2D eigenvalue weighted by Crippen LogP contribution is 2.18. The number of piperidine rings is 1. The Balaban J connectivity index is 2.56. The molecule has 0 aromatic heterocycles. The number of carbonyl (C=O) groups excluding carboxylic acids is 1. The van der Waals surface area contributed by atoms with Gasteiger partial charge in [0.15, 0.2) is 0 Å². The normalized spacial score (nSPS) is 18.2. The third kappa shape index (κ3) is 4.38. The first-order valence-electron chi connectivity index (χ1n) is 6.87. The van der Waals surface area contributed by atoms with Crippen LogP contribution in [0.3, 0.4) is 0 Å². The number of aliphatic hydroxyl groups excluding tert-OH is 1. The van der Waals surface area contributed by atoms with E-state index in [1.807, 2.05) is 6.92 Å². The third-order valence-corrected chi connectivity index (χ3v) is 3.73. The monoisotopic (exact) mass is 272 g/mol. The molecule has 1 unspecified atom stereocenters. The quantitative estimate of drug-likeness (QED) is 0.782. The number of hydrogen-bond donors (Lipinski definition) is 2. The van der Waals surface area contributed by atoms with Crippen molar-refractivity contribution in [2.45, 2.75) is 39.2 Å². The second-order valence-electron chi connectivity index (χ2n) is 5.13. The van der Waals surface area contributed by atoms with E-state index < -0.39 is 5.97 Å². The smallest absolute Gasteiger partial charge is 0.320 e. The number of likely N-dealkylation sites (tertiary alicyclic amines) is 1. The van der Waals surface area contributed by atoms with Crippen molar-refractivity contribution in [1.29, 1.82) is 0 Å². The molecule has 1 atom stereocenters. The molecule has 1 rings (SSSR count). The lowest BCUT2D eigenvalue weighted by atomic mass is 9.98. The SMILES string of the molecule is CCN(C(=O)N1CCC(CO)CC1)C(C)CC(=O)O. The van der Waals surface area contributed by atoms with Crippen LogP contribution < -0.4 is 0 Å². The first-order valence-corrected chi connectivity index (χ1v) is 6.87. The number of nitrogens with zero attached hydrogens (tertiary/aromatic N) is 2. The minimum Gasteiger partial charge on any atom is -0.481 e. The lowest BCUT2D eigenvalue weighted by molar-refractivity contribution is -0.138. The van der Waals surface area contributed by atoms with Gasteiger partial charge in [0.05, 0.1) is 6.42 Å². The lowest BCUT2D eigenvalue weighted by Gasteiger charge is -2.37. The number of carbonyl (C=O) groups is 2. The highest BCUT2D eigenvalue weighted by Gasteiger charge is 2.28. The van der Waals surface area contributed by atoms with Crippen LogP contribution in [0, 0.1) is 5.92 Å². The van der Waals surface area contributed by atoms with Gasteiger partial charge in [0.25, 0.3) is 0 Å². The number of hydrogen-bond acceptors (Lipinski definition) is 3. The standard InChI is InChI=1S/C13H24N2O4/c1-3-15(10(2)8-12(17)18)13(19)14-6-4-11(9-16)5-7-14/h10-11,16H,3-9H2,1-2H3,(H,17,18). The van der Waals surface area contributed by atoms with Gasteiger partial charge in [-0.15, -0.1) is 0 Å². The highest BCUT2D eigenvalue weighted by atomic mass is 16.4. The summed E-state index contributed by atoms with van der Waals surface area (Å²) in [5.41, 5.74) is 0. The molecule has 0 aromatic rings. The second kappa shape index (κ2) is 7.33. The Morgan fingerprint density at radius 1 is 1.37 bits per heavy atom. The Kier molecular flexibility index (Phi) is 6.08. The first-order chi connectivity index (χ1) is 8.99. The van der Waals surface area contributed by atoms with E-state index >= 15 is 0 Å². The maximum Gasteiger partial charge on any atom is 0.320 e. The second-order valence-corrected chi connectivity index (χ2v) is 5.13. The van der Waals surface area contributed by atoms with Gasteiger partial charge in [0.1, 0.15) is 0 Å². The average molecular weight is 272 g/mol. The molecule has 0 aliphatic carbocycles. The van der Waals surface area contributed by atoms with Gasteiger partial charge in [0, 0.05) is 32.3 Å². The van der Waals surface area contributed by atoms with Crippen LogP contribution in [0.4, 0.5) is 4.79 Å². The Bertz CT molecular complexity index is 314. The maximum absolute atomic E-state index is 12.3.